The standard InChI is InChI=1S/C15H13BrF2O2/c1-2-13(19)9-3-5-11(6-4-9)20-14-8-10(16)7-12(17)15(14)18/h3-8,13,19H,2H2,1H3. The van der Waals surface area contributed by atoms with E-state index in [1.165, 1.54) is 6.07 Å². The molecule has 106 valence electrons. The van der Waals surface area contributed by atoms with E-state index < -0.39 is 17.7 Å². The lowest BCUT2D eigenvalue weighted by Crippen LogP contribution is -1.95. The number of halogens is 3. The van der Waals surface area contributed by atoms with E-state index in [1.807, 2.05) is 6.92 Å². The van der Waals surface area contributed by atoms with E-state index in [2.05, 4.69) is 15.9 Å². The predicted octanol–water partition coefficient (Wildman–Crippen LogP) is 4.96. The first kappa shape index (κ1) is 14.9. The molecular formula is C15H13BrF2O2. The Morgan fingerprint density at radius 2 is 1.85 bits per heavy atom. The van der Waals surface area contributed by atoms with E-state index in [0.717, 1.165) is 11.6 Å². The van der Waals surface area contributed by atoms with Crippen molar-refractivity contribution in [3.05, 3.63) is 58.1 Å². The van der Waals surface area contributed by atoms with Gasteiger partial charge in [0.05, 0.1) is 6.10 Å². The molecule has 0 radical (unpaired) electrons. The quantitative estimate of drug-likeness (QED) is 0.795. The van der Waals surface area contributed by atoms with Gasteiger partial charge in [-0.25, -0.2) is 4.39 Å². The fraction of sp³-hybridized carbons (Fsp3) is 0.200. The SMILES string of the molecule is CCC(O)c1ccc(Oc2cc(Br)cc(F)c2F)cc1. The molecule has 0 heterocycles. The highest BCUT2D eigenvalue weighted by molar-refractivity contribution is 9.10. The van der Waals surface area contributed by atoms with Crippen LogP contribution in [0.4, 0.5) is 8.78 Å². The summed E-state index contributed by atoms with van der Waals surface area (Å²) >= 11 is 3.08. The van der Waals surface area contributed by atoms with Crippen LogP contribution in [0.2, 0.25) is 0 Å². The second kappa shape index (κ2) is 6.33. The molecule has 0 spiro atoms. The number of hydrogen-bond donors (Lipinski definition) is 1. The van der Waals surface area contributed by atoms with Crippen molar-refractivity contribution in [1.82, 2.24) is 0 Å². The Balaban J connectivity index is 2.22. The molecule has 1 unspecified atom stereocenters. The summed E-state index contributed by atoms with van der Waals surface area (Å²) in [4.78, 5) is 0. The maximum absolute atomic E-state index is 13.6. The molecule has 0 aliphatic carbocycles. The molecule has 0 amide bonds. The lowest BCUT2D eigenvalue weighted by molar-refractivity contribution is 0.173. The molecule has 0 aliphatic heterocycles. The van der Waals surface area contributed by atoms with Crippen LogP contribution >= 0.6 is 15.9 Å². The molecule has 2 aromatic rings. The van der Waals surface area contributed by atoms with Crippen LogP contribution in [0.5, 0.6) is 11.5 Å². The first-order valence-electron chi connectivity index (χ1n) is 6.11. The highest BCUT2D eigenvalue weighted by atomic mass is 79.9. The molecule has 1 atom stereocenters. The number of hydrogen-bond acceptors (Lipinski definition) is 2. The average molecular weight is 343 g/mol. The molecule has 1 N–H and O–H groups in total. The highest BCUT2D eigenvalue weighted by Crippen LogP contribution is 2.30. The van der Waals surface area contributed by atoms with E-state index in [4.69, 9.17) is 4.74 Å². The van der Waals surface area contributed by atoms with E-state index >= 15 is 0 Å². The fourth-order valence-electron chi connectivity index (χ4n) is 1.73. The molecule has 2 rings (SSSR count). The zero-order chi connectivity index (χ0) is 14.7. The fourth-order valence-corrected chi connectivity index (χ4v) is 2.14. The van der Waals surface area contributed by atoms with E-state index in [0.29, 0.717) is 16.6 Å². The third kappa shape index (κ3) is 3.35. The van der Waals surface area contributed by atoms with Crippen LogP contribution in [0.15, 0.2) is 40.9 Å². The van der Waals surface area contributed by atoms with Crippen LogP contribution in [0.3, 0.4) is 0 Å². The molecule has 0 fully saturated rings. The Labute approximate surface area is 124 Å². The van der Waals surface area contributed by atoms with Crippen molar-refractivity contribution in [2.75, 3.05) is 0 Å². The maximum atomic E-state index is 13.6. The van der Waals surface area contributed by atoms with Crippen LogP contribution in [-0.2, 0) is 0 Å². The molecule has 0 bridgehead atoms. The van der Waals surface area contributed by atoms with Gasteiger partial charge >= 0.3 is 0 Å². The van der Waals surface area contributed by atoms with Crippen molar-refractivity contribution in [2.45, 2.75) is 19.4 Å². The topological polar surface area (TPSA) is 29.5 Å². The number of benzene rings is 2. The number of aliphatic hydroxyl groups excluding tert-OH is 1. The summed E-state index contributed by atoms with van der Waals surface area (Å²) in [5.74, 6) is -1.84. The van der Waals surface area contributed by atoms with Crippen molar-refractivity contribution in [2.24, 2.45) is 0 Å². The molecule has 5 heteroatoms. The van der Waals surface area contributed by atoms with Crippen molar-refractivity contribution < 1.29 is 18.6 Å². The van der Waals surface area contributed by atoms with Gasteiger partial charge in [-0.3, -0.25) is 0 Å². The molecule has 2 aromatic carbocycles. The molecule has 0 aliphatic rings. The van der Waals surface area contributed by atoms with Crippen LogP contribution in [0.25, 0.3) is 0 Å². The van der Waals surface area contributed by atoms with Gasteiger partial charge in [0.15, 0.2) is 11.6 Å². The van der Waals surface area contributed by atoms with Crippen molar-refractivity contribution >= 4 is 15.9 Å². The van der Waals surface area contributed by atoms with Crippen LogP contribution in [0.1, 0.15) is 25.0 Å². The van der Waals surface area contributed by atoms with Gasteiger partial charge in [-0.1, -0.05) is 35.0 Å². The van der Waals surface area contributed by atoms with Gasteiger partial charge in [-0.15, -0.1) is 0 Å². The zero-order valence-electron chi connectivity index (χ0n) is 10.7. The molecule has 0 saturated heterocycles. The van der Waals surface area contributed by atoms with Crippen molar-refractivity contribution in [3.8, 4) is 11.5 Å². The van der Waals surface area contributed by atoms with Gasteiger partial charge in [-0.2, -0.15) is 4.39 Å². The normalized spacial score (nSPS) is 12.2. The largest absolute Gasteiger partial charge is 0.454 e. The lowest BCUT2D eigenvalue weighted by Gasteiger charge is -2.11. The summed E-state index contributed by atoms with van der Waals surface area (Å²) in [6, 6.07) is 8.97. The van der Waals surface area contributed by atoms with Gasteiger partial charge < -0.3 is 9.84 Å². The van der Waals surface area contributed by atoms with Gasteiger partial charge in [-0.05, 0) is 36.2 Å². The second-order valence-electron chi connectivity index (χ2n) is 4.29. The summed E-state index contributed by atoms with van der Waals surface area (Å²) in [7, 11) is 0. The molecule has 2 nitrogen and oxygen atoms in total. The third-order valence-electron chi connectivity index (χ3n) is 2.84. The first-order chi connectivity index (χ1) is 9.51. The highest BCUT2D eigenvalue weighted by Gasteiger charge is 2.12. The molecule has 0 aromatic heterocycles. The van der Waals surface area contributed by atoms with Gasteiger partial charge in [0.2, 0.25) is 5.82 Å². The Morgan fingerprint density at radius 3 is 2.45 bits per heavy atom. The minimum Gasteiger partial charge on any atom is -0.454 e. The first-order valence-corrected chi connectivity index (χ1v) is 6.91. The van der Waals surface area contributed by atoms with Crippen LogP contribution in [-0.4, -0.2) is 5.11 Å². The average Bonchev–Trinajstić information content (AvgIpc) is 2.44. The molecule has 20 heavy (non-hydrogen) atoms. The minimum atomic E-state index is -1.04. The number of ether oxygens (including phenoxy) is 1. The minimum absolute atomic E-state index is 0.194. The Hall–Kier alpha value is -1.46. The Bertz CT molecular complexity index is 600. The summed E-state index contributed by atoms with van der Waals surface area (Å²) in [6.45, 7) is 1.87. The van der Waals surface area contributed by atoms with E-state index in [-0.39, 0.29) is 5.75 Å². The van der Waals surface area contributed by atoms with Gasteiger partial charge in [0.1, 0.15) is 5.75 Å². The molecular weight excluding hydrogens is 330 g/mol. The van der Waals surface area contributed by atoms with Crippen molar-refractivity contribution in [1.29, 1.82) is 0 Å². The Kier molecular flexibility index (Phi) is 4.73. The smallest absolute Gasteiger partial charge is 0.201 e. The number of rotatable bonds is 4. The molecule has 0 saturated carbocycles. The van der Waals surface area contributed by atoms with E-state index in [9.17, 15) is 13.9 Å². The number of aliphatic hydroxyl groups is 1. The van der Waals surface area contributed by atoms with Crippen LogP contribution < -0.4 is 4.74 Å². The van der Waals surface area contributed by atoms with Gasteiger partial charge in [0.25, 0.3) is 0 Å². The third-order valence-corrected chi connectivity index (χ3v) is 3.30. The summed E-state index contributed by atoms with van der Waals surface area (Å²) in [5, 5.41) is 9.67. The van der Waals surface area contributed by atoms with Crippen LogP contribution in [0, 0.1) is 11.6 Å². The summed E-state index contributed by atoms with van der Waals surface area (Å²) in [6.07, 6.45) is 0.0650. The summed E-state index contributed by atoms with van der Waals surface area (Å²) < 4.78 is 32.5. The monoisotopic (exact) mass is 342 g/mol. The maximum Gasteiger partial charge on any atom is 0.201 e. The summed E-state index contributed by atoms with van der Waals surface area (Å²) in [5.41, 5.74) is 0.751. The predicted molar refractivity (Wildman–Crippen MR) is 75.8 cm³/mol. The van der Waals surface area contributed by atoms with Gasteiger partial charge in [0, 0.05) is 4.47 Å². The Morgan fingerprint density at radius 1 is 1.20 bits per heavy atom. The zero-order valence-corrected chi connectivity index (χ0v) is 12.3. The lowest BCUT2D eigenvalue weighted by atomic mass is 10.1. The van der Waals surface area contributed by atoms with E-state index in [1.54, 1.807) is 24.3 Å². The second-order valence-corrected chi connectivity index (χ2v) is 5.21. The van der Waals surface area contributed by atoms with Crippen molar-refractivity contribution in [3.63, 3.8) is 0 Å².